The van der Waals surface area contributed by atoms with Gasteiger partial charge in [0, 0.05) is 13.1 Å². The lowest BCUT2D eigenvalue weighted by molar-refractivity contribution is -0.0441. The maximum atomic E-state index is 14.3. The van der Waals surface area contributed by atoms with Crippen LogP contribution < -0.4 is 4.13 Å². The van der Waals surface area contributed by atoms with Crippen LogP contribution in [0.1, 0.15) is 32.1 Å². The normalized spacial score (nSPS) is 27.8. The summed E-state index contributed by atoms with van der Waals surface area (Å²) < 4.78 is 149. The Hall–Kier alpha value is -0.650. The monoisotopic (exact) mass is 510 g/mol. The average Bonchev–Trinajstić information content (AvgIpc) is 2.64. The van der Waals surface area contributed by atoms with Crippen molar-refractivity contribution >= 4 is 30.1 Å². The predicted octanol–water partition coefficient (Wildman–Crippen LogP) is 1.53. The van der Waals surface area contributed by atoms with Gasteiger partial charge in [0.25, 0.3) is 10.0 Å². The minimum atomic E-state index is -6.66. The number of piperidine rings is 1. The van der Waals surface area contributed by atoms with E-state index in [2.05, 4.69) is 0 Å². The molecule has 1 saturated carbocycles. The fraction of sp³-hybridized carbons (Fsp3) is 1.00. The van der Waals surface area contributed by atoms with E-state index in [0.717, 1.165) is 19.3 Å². The molecule has 1 aliphatic heterocycles. The van der Waals surface area contributed by atoms with Crippen LogP contribution in [0.25, 0.3) is 0 Å². The zero-order valence-corrected chi connectivity index (χ0v) is 17.7. The molecule has 1 N–H and O–H groups in total. The molecule has 178 valence electrons. The number of rotatable bonds is 7. The zero-order valence-electron chi connectivity index (χ0n) is 15.2. The maximum absolute atomic E-state index is 14.3. The Morgan fingerprint density at radius 3 is 1.90 bits per heavy atom. The molecule has 2 aliphatic rings. The molecule has 17 heteroatoms. The van der Waals surface area contributed by atoms with Gasteiger partial charge in [0.15, 0.2) is 6.17 Å². The summed E-state index contributed by atoms with van der Waals surface area (Å²) in [6.07, 6.45) is -0.402. The van der Waals surface area contributed by atoms with Crippen molar-refractivity contribution < 1.29 is 51.6 Å². The van der Waals surface area contributed by atoms with Gasteiger partial charge >= 0.3 is 15.5 Å². The number of halogens is 6. The van der Waals surface area contributed by atoms with Gasteiger partial charge in [-0.1, -0.05) is 23.4 Å². The van der Waals surface area contributed by atoms with Crippen LogP contribution in [-0.2, 0) is 30.1 Å². The quantitative estimate of drug-likeness (QED) is 0.519. The fourth-order valence-corrected chi connectivity index (χ4v) is 7.70. The summed E-state index contributed by atoms with van der Waals surface area (Å²) in [5.41, 5.74) is -14.2. The van der Waals surface area contributed by atoms with Crippen LogP contribution in [-0.4, -0.2) is 65.3 Å². The Morgan fingerprint density at radius 2 is 1.37 bits per heavy atom. The van der Waals surface area contributed by atoms with E-state index in [-0.39, 0.29) is 29.1 Å². The summed E-state index contributed by atoms with van der Waals surface area (Å²) in [6, 6.07) is 0. The van der Waals surface area contributed by atoms with E-state index < -0.39 is 52.8 Å². The molecule has 1 aliphatic carbocycles. The minimum Gasteiger partial charge on any atom is -0.239 e. The molecule has 0 aromatic heterocycles. The summed E-state index contributed by atoms with van der Waals surface area (Å²) in [5.74, 6) is 0.0616. The van der Waals surface area contributed by atoms with Gasteiger partial charge in [-0.15, -0.1) is 0 Å². The summed E-state index contributed by atoms with van der Waals surface area (Å²) >= 11 is 0. The van der Waals surface area contributed by atoms with Gasteiger partial charge in [0.1, 0.15) is 0 Å². The van der Waals surface area contributed by atoms with E-state index in [1.165, 1.54) is 0 Å². The highest BCUT2D eigenvalue weighted by Crippen LogP contribution is 2.38. The molecule has 8 nitrogen and oxygen atoms in total. The van der Waals surface area contributed by atoms with Crippen molar-refractivity contribution in [2.24, 2.45) is 11.8 Å². The molecular weight excluding hydrogens is 490 g/mol. The minimum absolute atomic E-state index is 0.0944. The van der Waals surface area contributed by atoms with Crippen LogP contribution in [0.2, 0.25) is 0 Å². The number of sulfonamides is 3. The van der Waals surface area contributed by atoms with E-state index in [0.29, 0.717) is 17.1 Å². The van der Waals surface area contributed by atoms with Crippen LogP contribution in [0.5, 0.6) is 0 Å². The smallest absolute Gasteiger partial charge is 0.239 e. The van der Waals surface area contributed by atoms with Gasteiger partial charge in [0.2, 0.25) is 21.0 Å². The summed E-state index contributed by atoms with van der Waals surface area (Å²) in [7, 11) is -18.1. The molecule has 1 saturated heterocycles. The molecule has 0 spiro atoms. The van der Waals surface area contributed by atoms with Gasteiger partial charge in [-0.2, -0.15) is 17.5 Å². The van der Waals surface area contributed by atoms with Crippen LogP contribution in [0.15, 0.2) is 0 Å². The van der Waals surface area contributed by atoms with Crippen molar-refractivity contribution in [1.82, 2.24) is 8.43 Å². The molecule has 2 fully saturated rings. The van der Waals surface area contributed by atoms with Crippen LogP contribution in [0.4, 0.5) is 26.3 Å². The van der Waals surface area contributed by atoms with Crippen LogP contribution in [0, 0.1) is 11.8 Å². The molecule has 5 unspecified atom stereocenters. The Labute approximate surface area is 170 Å². The van der Waals surface area contributed by atoms with E-state index in [1.807, 2.05) is 0 Å². The van der Waals surface area contributed by atoms with Crippen molar-refractivity contribution in [2.75, 3.05) is 13.1 Å². The second-order valence-electron chi connectivity index (χ2n) is 7.22. The lowest BCUT2D eigenvalue weighted by Crippen LogP contribution is -2.52. The molecule has 0 aromatic carbocycles. The molecule has 5 atom stereocenters. The van der Waals surface area contributed by atoms with Gasteiger partial charge in [0.05, 0.1) is 0 Å². The first-order valence-electron chi connectivity index (χ1n) is 8.75. The zero-order chi connectivity index (χ0) is 23.1. The Balaban J connectivity index is 2.15. The van der Waals surface area contributed by atoms with Gasteiger partial charge in [-0.25, -0.2) is 38.4 Å². The molecule has 30 heavy (non-hydrogen) atoms. The molecule has 1 heterocycles. The lowest BCUT2D eigenvalue weighted by atomic mass is 9.76. The highest BCUT2D eigenvalue weighted by molar-refractivity contribution is 8.05. The number of alkyl halides is 6. The third-order valence-electron chi connectivity index (χ3n) is 5.23. The van der Waals surface area contributed by atoms with E-state index in [1.54, 1.807) is 0 Å². The second-order valence-corrected chi connectivity index (χ2v) is 12.9. The summed E-state index contributed by atoms with van der Waals surface area (Å²) in [6.45, 7) is -0.383. The first kappa shape index (κ1) is 25.6. The SMILES string of the molecule is O=S(=O)(NS(=O)(=O)C(F)(F)F)C(F)C(F)C(F)S(=O)(=O)N1CCC2CCCCC2C1. The predicted molar refractivity (Wildman–Crippen MR) is 92.3 cm³/mol. The number of nitrogens with one attached hydrogen (secondary N) is 1. The van der Waals surface area contributed by atoms with Crippen molar-refractivity contribution in [2.45, 2.75) is 54.8 Å². The van der Waals surface area contributed by atoms with E-state index in [9.17, 15) is 51.6 Å². The molecule has 0 radical (unpaired) electrons. The standard InChI is InChI=1S/C13H20F6N2O6S3/c14-10(11(15)28(22,23)20-30(26,27)13(17,18)19)12(16)29(24,25)21-6-5-8-3-1-2-4-9(8)7-21/h8-12,20H,1-7H2. The highest BCUT2D eigenvalue weighted by Gasteiger charge is 2.53. The first-order valence-corrected chi connectivity index (χ1v) is 13.3. The topological polar surface area (TPSA) is 118 Å². The maximum Gasteiger partial charge on any atom is 0.512 e. The average molecular weight is 511 g/mol. The number of fused-ring (bicyclic) bond motifs is 1. The Morgan fingerprint density at radius 1 is 0.833 bits per heavy atom. The first-order chi connectivity index (χ1) is 13.5. The molecule has 0 bridgehead atoms. The third kappa shape index (κ3) is 5.21. The van der Waals surface area contributed by atoms with Crippen molar-refractivity contribution in [3.05, 3.63) is 0 Å². The summed E-state index contributed by atoms with van der Waals surface area (Å²) in [4.78, 5) is 0. The lowest BCUT2D eigenvalue weighted by Gasteiger charge is -2.41. The largest absolute Gasteiger partial charge is 0.512 e. The number of nitrogens with zero attached hydrogens (tertiary/aromatic N) is 1. The Bertz CT molecular complexity index is 939. The van der Waals surface area contributed by atoms with Crippen molar-refractivity contribution in [1.29, 1.82) is 0 Å². The second kappa shape index (κ2) is 8.71. The van der Waals surface area contributed by atoms with Crippen molar-refractivity contribution in [3.8, 4) is 0 Å². The number of hydrogen-bond donors (Lipinski definition) is 1. The Kier molecular flexibility index (Phi) is 7.43. The van der Waals surface area contributed by atoms with E-state index >= 15 is 0 Å². The molecule has 2 rings (SSSR count). The van der Waals surface area contributed by atoms with E-state index in [4.69, 9.17) is 0 Å². The van der Waals surface area contributed by atoms with Gasteiger partial charge < -0.3 is 0 Å². The molecular formula is C13H20F6N2O6S3. The van der Waals surface area contributed by atoms with Gasteiger partial charge in [-0.05, 0) is 24.7 Å². The highest BCUT2D eigenvalue weighted by atomic mass is 32.3. The third-order valence-corrected chi connectivity index (χ3v) is 10.4. The molecule has 0 amide bonds. The van der Waals surface area contributed by atoms with Crippen molar-refractivity contribution in [3.63, 3.8) is 0 Å². The number of hydrogen-bond acceptors (Lipinski definition) is 6. The summed E-state index contributed by atoms with van der Waals surface area (Å²) in [5, 5.41) is 0. The van der Waals surface area contributed by atoms with Gasteiger partial charge in [-0.3, -0.25) is 0 Å². The van der Waals surface area contributed by atoms with Crippen LogP contribution >= 0.6 is 0 Å². The van der Waals surface area contributed by atoms with Crippen LogP contribution in [0.3, 0.4) is 0 Å². The molecule has 0 aromatic rings. The fourth-order valence-electron chi connectivity index (χ4n) is 3.64.